The minimum atomic E-state index is -3.54. The molecule has 0 bridgehead atoms. The highest BCUT2D eigenvalue weighted by molar-refractivity contribution is 7.89. The third-order valence-electron chi connectivity index (χ3n) is 3.82. The van der Waals surface area contributed by atoms with Crippen molar-refractivity contribution in [3.63, 3.8) is 0 Å². The fourth-order valence-corrected chi connectivity index (χ4v) is 3.80. The van der Waals surface area contributed by atoms with E-state index in [9.17, 15) is 13.2 Å². The third kappa shape index (κ3) is 5.34. The Bertz CT molecular complexity index is 696. The molecule has 4 N–H and O–H groups in total. The topological polar surface area (TPSA) is 116 Å². The lowest BCUT2D eigenvalue weighted by molar-refractivity contribution is 0.0783. The van der Waals surface area contributed by atoms with Gasteiger partial charge in [-0.1, -0.05) is 11.6 Å². The molecule has 1 aliphatic rings. The van der Waals surface area contributed by atoms with Crippen LogP contribution in [0.25, 0.3) is 0 Å². The summed E-state index contributed by atoms with van der Waals surface area (Å²) in [5.41, 5.74) is 5.85. The average Bonchev–Trinajstić information content (AvgIpc) is 2.93. The molecule has 1 fully saturated rings. The predicted octanol–water partition coefficient (Wildman–Crippen LogP) is 0.818. The predicted molar refractivity (Wildman–Crippen MR) is 92.6 cm³/mol. The second-order valence-corrected chi connectivity index (χ2v) is 7.96. The standard InChI is InChI=1S/C15H22ClN3O4S/c16-12-2-3-13(14(8-12)23-7-1-5-17)15(20)19-6-4-11(9-19)10-24(18,21)22/h2-3,8,11H,1,4-7,9-10,17H2,(H2,18,21,22)/t11-/m1/s1. The molecule has 24 heavy (non-hydrogen) atoms. The van der Waals surface area contributed by atoms with E-state index in [0.29, 0.717) is 55.4 Å². The molecule has 1 aromatic carbocycles. The molecule has 134 valence electrons. The van der Waals surface area contributed by atoms with Crippen LogP contribution in [0.1, 0.15) is 23.2 Å². The number of carbonyl (C=O) groups is 1. The molecule has 0 unspecified atom stereocenters. The van der Waals surface area contributed by atoms with Gasteiger partial charge >= 0.3 is 0 Å². The number of hydrogen-bond acceptors (Lipinski definition) is 5. The Labute approximate surface area is 146 Å². The number of nitrogens with two attached hydrogens (primary N) is 2. The maximum absolute atomic E-state index is 12.7. The van der Waals surface area contributed by atoms with E-state index in [2.05, 4.69) is 0 Å². The minimum Gasteiger partial charge on any atom is -0.493 e. The van der Waals surface area contributed by atoms with E-state index >= 15 is 0 Å². The minimum absolute atomic E-state index is 0.114. The van der Waals surface area contributed by atoms with E-state index in [4.69, 9.17) is 27.2 Å². The van der Waals surface area contributed by atoms with Crippen LogP contribution >= 0.6 is 11.6 Å². The van der Waals surface area contributed by atoms with Crippen LogP contribution in [0.4, 0.5) is 0 Å². The molecule has 2 rings (SSSR count). The molecule has 1 saturated heterocycles. The molecule has 1 aliphatic heterocycles. The second kappa shape index (κ2) is 8.15. The lowest BCUT2D eigenvalue weighted by Crippen LogP contribution is -2.31. The first kappa shape index (κ1) is 19.0. The van der Waals surface area contributed by atoms with Crippen LogP contribution in [-0.2, 0) is 10.0 Å². The van der Waals surface area contributed by atoms with Crippen LogP contribution in [0.3, 0.4) is 0 Å². The Balaban J connectivity index is 2.09. The van der Waals surface area contributed by atoms with Crippen molar-refractivity contribution < 1.29 is 17.9 Å². The summed E-state index contributed by atoms with van der Waals surface area (Å²) in [7, 11) is -3.54. The van der Waals surface area contributed by atoms with Crippen molar-refractivity contribution in [2.75, 3.05) is 32.0 Å². The van der Waals surface area contributed by atoms with Crippen LogP contribution in [0.2, 0.25) is 5.02 Å². The monoisotopic (exact) mass is 375 g/mol. The first-order valence-corrected chi connectivity index (χ1v) is 9.81. The zero-order valence-corrected chi connectivity index (χ0v) is 14.9. The lowest BCUT2D eigenvalue weighted by Gasteiger charge is -2.19. The molecule has 9 heteroatoms. The second-order valence-electron chi connectivity index (χ2n) is 5.87. The number of likely N-dealkylation sites (tertiary alicyclic amines) is 1. The fourth-order valence-electron chi connectivity index (χ4n) is 2.71. The number of nitrogens with zero attached hydrogens (tertiary/aromatic N) is 1. The van der Waals surface area contributed by atoms with Crippen molar-refractivity contribution in [2.24, 2.45) is 16.8 Å². The number of benzene rings is 1. The van der Waals surface area contributed by atoms with Crippen LogP contribution < -0.4 is 15.6 Å². The summed E-state index contributed by atoms with van der Waals surface area (Å²) in [6.45, 7) is 1.74. The number of halogens is 1. The van der Waals surface area contributed by atoms with Crippen LogP contribution in [0.5, 0.6) is 5.75 Å². The number of rotatable bonds is 7. The Morgan fingerprint density at radius 1 is 1.42 bits per heavy atom. The molecule has 1 heterocycles. The molecule has 0 spiro atoms. The summed E-state index contributed by atoms with van der Waals surface area (Å²) in [5.74, 6) is -0.0444. The average molecular weight is 376 g/mol. The van der Waals surface area contributed by atoms with Gasteiger partial charge in [0.05, 0.1) is 17.9 Å². The summed E-state index contributed by atoms with van der Waals surface area (Å²) in [5, 5.41) is 5.56. The van der Waals surface area contributed by atoms with Crippen molar-refractivity contribution in [1.29, 1.82) is 0 Å². The summed E-state index contributed by atoms with van der Waals surface area (Å²) in [6, 6.07) is 4.85. The van der Waals surface area contributed by atoms with Crippen molar-refractivity contribution in [3.05, 3.63) is 28.8 Å². The molecule has 1 aromatic rings. The zero-order chi connectivity index (χ0) is 17.7. The van der Waals surface area contributed by atoms with Crippen molar-refractivity contribution in [3.8, 4) is 5.75 Å². The lowest BCUT2D eigenvalue weighted by atomic mass is 10.1. The van der Waals surface area contributed by atoms with Gasteiger partial charge in [0.25, 0.3) is 5.91 Å². The number of primary sulfonamides is 1. The molecule has 0 saturated carbocycles. The molecule has 0 aromatic heterocycles. The number of ether oxygens (including phenoxy) is 1. The maximum Gasteiger partial charge on any atom is 0.257 e. The number of sulfonamides is 1. The van der Waals surface area contributed by atoms with Gasteiger partial charge in [-0.05, 0) is 43.5 Å². The molecule has 0 radical (unpaired) electrons. The zero-order valence-electron chi connectivity index (χ0n) is 13.3. The summed E-state index contributed by atoms with van der Waals surface area (Å²) in [6.07, 6.45) is 1.28. The van der Waals surface area contributed by atoms with Gasteiger partial charge in [-0.2, -0.15) is 0 Å². The van der Waals surface area contributed by atoms with Gasteiger partial charge in [0.1, 0.15) is 5.75 Å². The van der Waals surface area contributed by atoms with Gasteiger partial charge in [0.2, 0.25) is 10.0 Å². The summed E-state index contributed by atoms with van der Waals surface area (Å²) >= 11 is 5.98. The van der Waals surface area contributed by atoms with Gasteiger partial charge in [0, 0.05) is 18.1 Å². The van der Waals surface area contributed by atoms with Gasteiger partial charge in [-0.15, -0.1) is 0 Å². The highest BCUT2D eigenvalue weighted by Crippen LogP contribution is 2.27. The number of carbonyl (C=O) groups excluding carboxylic acids is 1. The SMILES string of the molecule is NCCCOc1cc(Cl)ccc1C(=O)N1CC[C@@H](CS(N)(=O)=O)C1. The van der Waals surface area contributed by atoms with Gasteiger partial charge < -0.3 is 15.4 Å². The Hall–Kier alpha value is -1.35. The van der Waals surface area contributed by atoms with E-state index in [1.165, 1.54) is 0 Å². The van der Waals surface area contributed by atoms with E-state index in [1.807, 2.05) is 0 Å². The normalized spacial score (nSPS) is 18.0. The fraction of sp³-hybridized carbons (Fsp3) is 0.533. The van der Waals surface area contributed by atoms with E-state index in [-0.39, 0.29) is 17.6 Å². The van der Waals surface area contributed by atoms with Crippen molar-refractivity contribution in [2.45, 2.75) is 12.8 Å². The summed E-state index contributed by atoms with van der Waals surface area (Å²) in [4.78, 5) is 14.3. The van der Waals surface area contributed by atoms with Crippen LogP contribution in [0.15, 0.2) is 18.2 Å². The molecule has 1 amide bonds. The molecule has 1 atom stereocenters. The third-order valence-corrected chi connectivity index (χ3v) is 4.99. The van der Waals surface area contributed by atoms with Crippen LogP contribution in [0, 0.1) is 5.92 Å². The largest absolute Gasteiger partial charge is 0.493 e. The molecule has 0 aliphatic carbocycles. The maximum atomic E-state index is 12.7. The van der Waals surface area contributed by atoms with Gasteiger partial charge in [0.15, 0.2) is 0 Å². The van der Waals surface area contributed by atoms with E-state index in [0.717, 1.165) is 0 Å². The van der Waals surface area contributed by atoms with E-state index in [1.54, 1.807) is 23.1 Å². The summed E-state index contributed by atoms with van der Waals surface area (Å²) < 4.78 is 28.0. The molecular formula is C15H22ClN3O4S. The van der Waals surface area contributed by atoms with Crippen molar-refractivity contribution in [1.82, 2.24) is 4.90 Å². The quantitative estimate of drug-likeness (QED) is 0.684. The van der Waals surface area contributed by atoms with E-state index < -0.39 is 10.0 Å². The Morgan fingerprint density at radius 3 is 2.83 bits per heavy atom. The van der Waals surface area contributed by atoms with Gasteiger partial charge in [-0.3, -0.25) is 4.79 Å². The molecule has 7 nitrogen and oxygen atoms in total. The smallest absolute Gasteiger partial charge is 0.257 e. The van der Waals surface area contributed by atoms with Gasteiger partial charge in [-0.25, -0.2) is 13.6 Å². The highest BCUT2D eigenvalue weighted by Gasteiger charge is 2.30. The Morgan fingerprint density at radius 2 is 2.17 bits per heavy atom. The Kier molecular flexibility index (Phi) is 6.45. The van der Waals surface area contributed by atoms with Crippen molar-refractivity contribution >= 4 is 27.5 Å². The number of hydrogen-bond donors (Lipinski definition) is 2. The van der Waals surface area contributed by atoms with Crippen LogP contribution in [-0.4, -0.2) is 51.2 Å². The number of amides is 1. The highest BCUT2D eigenvalue weighted by atomic mass is 35.5. The first-order valence-electron chi connectivity index (χ1n) is 7.72. The first-order chi connectivity index (χ1) is 11.3. The molecular weight excluding hydrogens is 354 g/mol.